The molecule has 1 aliphatic rings. The molecule has 2 heterocycles. The summed E-state index contributed by atoms with van der Waals surface area (Å²) in [5, 5.41) is 20.6. The van der Waals surface area contributed by atoms with Crippen LogP contribution in [0, 0.1) is 6.92 Å². The van der Waals surface area contributed by atoms with Crippen LogP contribution in [0.2, 0.25) is 0 Å². The SMILES string of the molecule is Cc1cc2cc(OCC3=CC=CN(C(C)CO)[C@H]3O)ccc2o1. The van der Waals surface area contributed by atoms with E-state index < -0.39 is 6.23 Å². The summed E-state index contributed by atoms with van der Waals surface area (Å²) in [7, 11) is 0. The number of aliphatic hydroxyl groups excluding tert-OH is 2. The minimum absolute atomic E-state index is 0.0218. The second-order valence-electron chi connectivity index (χ2n) is 5.78. The molecule has 3 rings (SSSR count). The molecule has 5 heteroatoms. The van der Waals surface area contributed by atoms with E-state index in [1.807, 2.05) is 50.3 Å². The molecular formula is C18H21NO4. The number of furan rings is 1. The highest BCUT2D eigenvalue weighted by atomic mass is 16.5. The van der Waals surface area contributed by atoms with Crippen LogP contribution in [0.1, 0.15) is 12.7 Å². The second-order valence-corrected chi connectivity index (χ2v) is 5.78. The smallest absolute Gasteiger partial charge is 0.152 e. The maximum Gasteiger partial charge on any atom is 0.152 e. The van der Waals surface area contributed by atoms with Crippen LogP contribution < -0.4 is 4.74 Å². The van der Waals surface area contributed by atoms with Crippen LogP contribution in [-0.2, 0) is 0 Å². The summed E-state index contributed by atoms with van der Waals surface area (Å²) in [5.74, 6) is 1.59. The van der Waals surface area contributed by atoms with Gasteiger partial charge in [-0.05, 0) is 44.2 Å². The zero-order valence-electron chi connectivity index (χ0n) is 13.3. The average molecular weight is 315 g/mol. The number of hydrogen-bond acceptors (Lipinski definition) is 5. The van der Waals surface area contributed by atoms with Gasteiger partial charge in [0.25, 0.3) is 0 Å². The van der Waals surface area contributed by atoms with Gasteiger partial charge >= 0.3 is 0 Å². The fourth-order valence-electron chi connectivity index (χ4n) is 2.64. The van der Waals surface area contributed by atoms with Gasteiger partial charge in [-0.2, -0.15) is 0 Å². The second kappa shape index (κ2) is 6.48. The molecule has 0 spiro atoms. The molecule has 2 aromatic rings. The Bertz CT molecular complexity index is 747. The Morgan fingerprint density at radius 1 is 1.35 bits per heavy atom. The standard InChI is InChI=1S/C18H21NO4/c1-12(10-20)19-7-3-4-14(18(19)21)11-22-16-5-6-17-15(9-16)8-13(2)23-17/h3-9,12,18,20-21H,10-11H2,1-2H3/t12?,18-/m0/s1. The third-order valence-corrected chi connectivity index (χ3v) is 3.97. The third kappa shape index (κ3) is 3.25. The number of rotatable bonds is 5. The third-order valence-electron chi connectivity index (χ3n) is 3.97. The number of fused-ring (bicyclic) bond motifs is 1. The Balaban J connectivity index is 1.69. The maximum absolute atomic E-state index is 10.4. The Kier molecular flexibility index (Phi) is 4.41. The van der Waals surface area contributed by atoms with Gasteiger partial charge in [-0.25, -0.2) is 0 Å². The number of allylic oxidation sites excluding steroid dienone is 2. The van der Waals surface area contributed by atoms with Gasteiger partial charge < -0.3 is 24.3 Å². The lowest BCUT2D eigenvalue weighted by Crippen LogP contribution is -2.43. The number of aliphatic hydroxyl groups is 2. The number of nitrogens with zero attached hydrogens (tertiary/aromatic N) is 1. The van der Waals surface area contributed by atoms with Gasteiger partial charge in [0.2, 0.25) is 0 Å². The van der Waals surface area contributed by atoms with Crippen LogP contribution in [0.3, 0.4) is 0 Å². The lowest BCUT2D eigenvalue weighted by molar-refractivity contribution is 0.0182. The number of aryl methyl sites for hydroxylation is 1. The van der Waals surface area contributed by atoms with Crippen molar-refractivity contribution in [1.82, 2.24) is 4.90 Å². The van der Waals surface area contributed by atoms with E-state index >= 15 is 0 Å². The molecule has 2 atom stereocenters. The van der Waals surface area contributed by atoms with Crippen molar-refractivity contribution < 1.29 is 19.4 Å². The van der Waals surface area contributed by atoms with Crippen molar-refractivity contribution in [2.24, 2.45) is 0 Å². The van der Waals surface area contributed by atoms with E-state index in [1.165, 1.54) is 0 Å². The van der Waals surface area contributed by atoms with Gasteiger partial charge in [0.1, 0.15) is 23.7 Å². The first-order valence-corrected chi connectivity index (χ1v) is 7.65. The molecule has 0 aliphatic carbocycles. The monoisotopic (exact) mass is 315 g/mol. The van der Waals surface area contributed by atoms with Crippen LogP contribution in [0.15, 0.2) is 52.6 Å². The molecule has 0 saturated carbocycles. The molecule has 23 heavy (non-hydrogen) atoms. The molecule has 0 amide bonds. The van der Waals surface area contributed by atoms with Crippen LogP contribution in [0.4, 0.5) is 0 Å². The van der Waals surface area contributed by atoms with Crippen molar-refractivity contribution in [3.8, 4) is 5.75 Å². The summed E-state index contributed by atoms with van der Waals surface area (Å²) >= 11 is 0. The van der Waals surface area contributed by atoms with Crippen molar-refractivity contribution in [3.63, 3.8) is 0 Å². The highest BCUT2D eigenvalue weighted by molar-refractivity contribution is 5.79. The predicted octanol–water partition coefficient (Wildman–Crippen LogP) is 2.57. The van der Waals surface area contributed by atoms with Gasteiger partial charge in [0.15, 0.2) is 6.23 Å². The average Bonchev–Trinajstić information content (AvgIpc) is 2.92. The van der Waals surface area contributed by atoms with Crippen LogP contribution >= 0.6 is 0 Å². The Labute approximate surface area is 135 Å². The molecule has 1 aromatic carbocycles. The Morgan fingerprint density at radius 2 is 2.17 bits per heavy atom. The summed E-state index contributed by atoms with van der Waals surface area (Å²) in [5.41, 5.74) is 1.58. The van der Waals surface area contributed by atoms with Crippen molar-refractivity contribution in [2.75, 3.05) is 13.2 Å². The molecule has 122 valence electrons. The van der Waals surface area contributed by atoms with Gasteiger partial charge in [0, 0.05) is 17.2 Å². The van der Waals surface area contributed by atoms with Crippen molar-refractivity contribution >= 4 is 11.0 Å². The lowest BCUT2D eigenvalue weighted by Gasteiger charge is -2.34. The highest BCUT2D eigenvalue weighted by Gasteiger charge is 2.23. The number of benzene rings is 1. The van der Waals surface area contributed by atoms with Crippen molar-refractivity contribution in [1.29, 1.82) is 0 Å². The molecular weight excluding hydrogens is 294 g/mol. The molecule has 1 unspecified atom stereocenters. The van der Waals surface area contributed by atoms with Gasteiger partial charge in [-0.1, -0.05) is 6.08 Å². The molecule has 0 saturated heterocycles. The summed E-state index contributed by atoms with van der Waals surface area (Å²) in [6, 6.07) is 7.46. The van der Waals surface area contributed by atoms with Crippen molar-refractivity contribution in [2.45, 2.75) is 26.1 Å². The highest BCUT2D eigenvalue weighted by Crippen LogP contribution is 2.25. The van der Waals surface area contributed by atoms with E-state index in [0.717, 1.165) is 28.1 Å². The first-order chi connectivity index (χ1) is 11.1. The molecule has 0 bridgehead atoms. The van der Waals surface area contributed by atoms with Gasteiger partial charge in [0.05, 0.1) is 12.6 Å². The normalized spacial score (nSPS) is 19.0. The minimum atomic E-state index is -0.790. The predicted molar refractivity (Wildman–Crippen MR) is 88.1 cm³/mol. The largest absolute Gasteiger partial charge is 0.489 e. The van der Waals surface area contributed by atoms with E-state index in [1.54, 1.807) is 11.1 Å². The maximum atomic E-state index is 10.4. The van der Waals surface area contributed by atoms with Crippen LogP contribution in [-0.4, -0.2) is 40.6 Å². The van der Waals surface area contributed by atoms with E-state index in [-0.39, 0.29) is 19.3 Å². The summed E-state index contributed by atoms with van der Waals surface area (Å²) in [4.78, 5) is 1.71. The Hall–Kier alpha value is -2.24. The first kappa shape index (κ1) is 15.6. The van der Waals surface area contributed by atoms with E-state index in [2.05, 4.69) is 0 Å². The first-order valence-electron chi connectivity index (χ1n) is 7.65. The topological polar surface area (TPSA) is 66.1 Å². The zero-order valence-corrected chi connectivity index (χ0v) is 13.3. The molecule has 0 fully saturated rings. The van der Waals surface area contributed by atoms with Gasteiger partial charge in [-0.15, -0.1) is 0 Å². The van der Waals surface area contributed by atoms with E-state index in [9.17, 15) is 10.2 Å². The molecule has 0 radical (unpaired) electrons. The zero-order chi connectivity index (χ0) is 16.4. The quantitative estimate of drug-likeness (QED) is 0.888. The molecule has 1 aromatic heterocycles. The van der Waals surface area contributed by atoms with Crippen LogP contribution in [0.5, 0.6) is 5.75 Å². The molecule has 5 nitrogen and oxygen atoms in total. The summed E-state index contributed by atoms with van der Waals surface area (Å²) < 4.78 is 11.3. The minimum Gasteiger partial charge on any atom is -0.489 e. The van der Waals surface area contributed by atoms with Crippen molar-refractivity contribution in [3.05, 3.63) is 54.0 Å². The summed E-state index contributed by atoms with van der Waals surface area (Å²) in [6.07, 6.45) is 4.67. The van der Waals surface area contributed by atoms with E-state index in [4.69, 9.17) is 9.15 Å². The number of hydrogen-bond donors (Lipinski definition) is 2. The molecule has 1 aliphatic heterocycles. The lowest BCUT2D eigenvalue weighted by atomic mass is 10.1. The van der Waals surface area contributed by atoms with E-state index in [0.29, 0.717) is 0 Å². The fraction of sp³-hybridized carbons (Fsp3) is 0.333. The summed E-state index contributed by atoms with van der Waals surface area (Å²) in [6.45, 7) is 4.02. The number of ether oxygens (including phenoxy) is 1. The fourth-order valence-corrected chi connectivity index (χ4v) is 2.64. The molecule has 2 N–H and O–H groups in total. The Morgan fingerprint density at radius 3 is 2.96 bits per heavy atom. The van der Waals surface area contributed by atoms with Crippen LogP contribution in [0.25, 0.3) is 11.0 Å². The van der Waals surface area contributed by atoms with Gasteiger partial charge in [-0.3, -0.25) is 0 Å².